The van der Waals surface area contributed by atoms with Gasteiger partial charge in [0.1, 0.15) is 6.04 Å². The van der Waals surface area contributed by atoms with E-state index in [2.05, 4.69) is 10.0 Å². The average Bonchev–Trinajstić information content (AvgIpc) is 2.73. The van der Waals surface area contributed by atoms with Crippen molar-refractivity contribution in [3.63, 3.8) is 0 Å². The Balaban J connectivity index is 2.26. The highest BCUT2D eigenvalue weighted by atomic mass is 32.2. The van der Waals surface area contributed by atoms with Crippen molar-refractivity contribution in [2.75, 3.05) is 27.4 Å². The van der Waals surface area contributed by atoms with Crippen LogP contribution in [0.25, 0.3) is 0 Å². The van der Waals surface area contributed by atoms with E-state index in [-0.39, 0.29) is 30.2 Å². The first-order valence-corrected chi connectivity index (χ1v) is 10.6. The summed E-state index contributed by atoms with van der Waals surface area (Å²) in [4.78, 5) is 12.5. The summed E-state index contributed by atoms with van der Waals surface area (Å²) in [5.41, 5.74) is 0.810. The fraction of sp³-hybridized carbons (Fsp3) is 0.350. The summed E-state index contributed by atoms with van der Waals surface area (Å²) in [6, 6.07) is 12.3. The number of carbonyl (C=O) groups excluding carboxylic acids is 1. The number of nitrogens with one attached hydrogen (secondary N) is 2. The predicted octanol–water partition coefficient (Wildman–Crippen LogP) is 1.09. The molecule has 0 aliphatic heterocycles. The zero-order valence-corrected chi connectivity index (χ0v) is 17.2. The van der Waals surface area contributed by atoms with Gasteiger partial charge >= 0.3 is 0 Å². The lowest BCUT2D eigenvalue weighted by molar-refractivity contribution is -0.122. The van der Waals surface area contributed by atoms with E-state index in [9.17, 15) is 13.2 Å². The summed E-state index contributed by atoms with van der Waals surface area (Å²) in [7, 11) is -1.14. The minimum Gasteiger partial charge on any atom is -0.493 e. The SMILES string of the molecule is COc1ccc(S(=O)(=O)N[C@H](Cc2ccccc2)C(=O)NCCCO)cc1OC. The first-order valence-electron chi connectivity index (χ1n) is 9.08. The molecule has 0 aromatic heterocycles. The fourth-order valence-electron chi connectivity index (χ4n) is 2.69. The van der Waals surface area contributed by atoms with E-state index < -0.39 is 22.0 Å². The van der Waals surface area contributed by atoms with Crippen LogP contribution < -0.4 is 19.5 Å². The zero-order valence-electron chi connectivity index (χ0n) is 16.4. The maximum Gasteiger partial charge on any atom is 0.241 e. The molecule has 0 aliphatic rings. The quantitative estimate of drug-likeness (QED) is 0.467. The third-order valence-electron chi connectivity index (χ3n) is 4.20. The van der Waals surface area contributed by atoms with Crippen LogP contribution in [0, 0.1) is 0 Å². The number of ether oxygens (including phenoxy) is 2. The van der Waals surface area contributed by atoms with E-state index in [4.69, 9.17) is 14.6 Å². The Bertz CT molecular complexity index is 902. The number of hydrogen-bond acceptors (Lipinski definition) is 6. The number of hydrogen-bond donors (Lipinski definition) is 3. The number of benzene rings is 2. The van der Waals surface area contributed by atoms with Crippen LogP contribution in [0.15, 0.2) is 53.4 Å². The third-order valence-corrected chi connectivity index (χ3v) is 5.67. The number of methoxy groups -OCH3 is 2. The maximum absolute atomic E-state index is 12.9. The molecule has 0 aliphatic carbocycles. The zero-order chi connectivity index (χ0) is 21.3. The molecule has 0 bridgehead atoms. The number of amides is 1. The van der Waals surface area contributed by atoms with Crippen LogP contribution in [-0.2, 0) is 21.2 Å². The fourth-order valence-corrected chi connectivity index (χ4v) is 3.90. The molecule has 1 amide bonds. The molecule has 0 saturated carbocycles. The lowest BCUT2D eigenvalue weighted by Gasteiger charge is -2.19. The molecule has 9 heteroatoms. The summed E-state index contributed by atoms with van der Waals surface area (Å²) in [5, 5.41) is 11.5. The van der Waals surface area contributed by atoms with Gasteiger partial charge in [0.25, 0.3) is 0 Å². The minimum atomic E-state index is -4.01. The molecule has 3 N–H and O–H groups in total. The van der Waals surface area contributed by atoms with Crippen LogP contribution in [-0.4, -0.2) is 52.8 Å². The summed E-state index contributed by atoms with van der Waals surface area (Å²) in [5.74, 6) is 0.197. The van der Waals surface area contributed by atoms with Crippen molar-refractivity contribution in [2.24, 2.45) is 0 Å². The summed E-state index contributed by atoms with van der Waals surface area (Å²) in [6.07, 6.45) is 0.560. The van der Waals surface area contributed by atoms with Gasteiger partial charge in [-0.3, -0.25) is 4.79 Å². The Kier molecular flexibility index (Phi) is 8.44. The molecule has 0 fully saturated rings. The average molecular weight is 423 g/mol. The lowest BCUT2D eigenvalue weighted by Crippen LogP contribution is -2.48. The molecular formula is C20H26N2O6S. The van der Waals surface area contributed by atoms with Crippen LogP contribution >= 0.6 is 0 Å². The molecule has 2 rings (SSSR count). The van der Waals surface area contributed by atoms with E-state index in [0.717, 1.165) is 5.56 Å². The van der Waals surface area contributed by atoms with Gasteiger partial charge in [-0.05, 0) is 30.5 Å². The van der Waals surface area contributed by atoms with Crippen LogP contribution in [0.2, 0.25) is 0 Å². The van der Waals surface area contributed by atoms with E-state index in [1.807, 2.05) is 30.3 Å². The van der Waals surface area contributed by atoms with Crippen molar-refractivity contribution < 1.29 is 27.8 Å². The first kappa shape index (κ1) is 22.7. The lowest BCUT2D eigenvalue weighted by atomic mass is 10.1. The molecule has 0 unspecified atom stereocenters. The molecule has 2 aromatic rings. The smallest absolute Gasteiger partial charge is 0.241 e. The van der Waals surface area contributed by atoms with Gasteiger partial charge in [0.2, 0.25) is 15.9 Å². The van der Waals surface area contributed by atoms with E-state index in [1.165, 1.54) is 32.4 Å². The van der Waals surface area contributed by atoms with Crippen molar-refractivity contribution in [3.05, 3.63) is 54.1 Å². The number of rotatable bonds is 11. The van der Waals surface area contributed by atoms with E-state index in [0.29, 0.717) is 12.2 Å². The van der Waals surface area contributed by atoms with Gasteiger partial charge in [0, 0.05) is 19.2 Å². The highest BCUT2D eigenvalue weighted by molar-refractivity contribution is 7.89. The Morgan fingerprint density at radius 2 is 1.76 bits per heavy atom. The molecule has 158 valence electrons. The van der Waals surface area contributed by atoms with E-state index >= 15 is 0 Å². The molecule has 1 atom stereocenters. The molecule has 0 heterocycles. The van der Waals surface area contributed by atoms with E-state index in [1.54, 1.807) is 0 Å². The molecule has 29 heavy (non-hydrogen) atoms. The monoisotopic (exact) mass is 422 g/mol. The second kappa shape index (κ2) is 10.8. The topological polar surface area (TPSA) is 114 Å². The standard InChI is InChI=1S/C20H26N2O6S/c1-27-18-10-9-16(14-19(18)28-2)29(25,26)22-17(20(24)21-11-6-12-23)13-15-7-4-3-5-8-15/h3-5,7-10,14,17,22-23H,6,11-13H2,1-2H3,(H,21,24)/t17-/m1/s1. The summed E-state index contributed by atoms with van der Waals surface area (Å²) in [6.45, 7) is 0.180. The van der Waals surface area contributed by atoms with Gasteiger partial charge in [-0.25, -0.2) is 8.42 Å². The molecule has 0 saturated heterocycles. The number of aliphatic hydroxyl groups is 1. The summed E-state index contributed by atoms with van der Waals surface area (Å²) < 4.78 is 38.6. The third kappa shape index (κ3) is 6.45. The Morgan fingerprint density at radius 3 is 2.38 bits per heavy atom. The molecular weight excluding hydrogens is 396 g/mol. The van der Waals surface area contributed by atoms with Crippen LogP contribution in [0.5, 0.6) is 11.5 Å². The second-order valence-corrected chi connectivity index (χ2v) is 7.96. The second-order valence-electron chi connectivity index (χ2n) is 6.25. The highest BCUT2D eigenvalue weighted by Crippen LogP contribution is 2.29. The van der Waals surface area contributed by atoms with Crippen molar-refractivity contribution in [2.45, 2.75) is 23.8 Å². The number of sulfonamides is 1. The van der Waals surface area contributed by atoms with Crippen LogP contribution in [0.3, 0.4) is 0 Å². The molecule has 0 spiro atoms. The molecule has 2 aromatic carbocycles. The van der Waals surface area contributed by atoms with Gasteiger partial charge in [-0.1, -0.05) is 30.3 Å². The summed E-state index contributed by atoms with van der Waals surface area (Å²) >= 11 is 0. The largest absolute Gasteiger partial charge is 0.493 e. The van der Waals surface area contributed by atoms with Crippen molar-refractivity contribution in [1.82, 2.24) is 10.0 Å². The predicted molar refractivity (Wildman–Crippen MR) is 109 cm³/mol. The van der Waals surface area contributed by atoms with Crippen molar-refractivity contribution in [3.8, 4) is 11.5 Å². The Labute approximate surface area is 170 Å². The normalized spacial score (nSPS) is 12.2. The van der Waals surface area contributed by atoms with Gasteiger partial charge < -0.3 is 19.9 Å². The number of carbonyl (C=O) groups is 1. The number of aliphatic hydroxyl groups excluding tert-OH is 1. The van der Waals surface area contributed by atoms with Crippen LogP contribution in [0.1, 0.15) is 12.0 Å². The minimum absolute atomic E-state index is 0.0450. The van der Waals surface area contributed by atoms with Gasteiger partial charge in [0.15, 0.2) is 11.5 Å². The van der Waals surface area contributed by atoms with Crippen molar-refractivity contribution in [1.29, 1.82) is 0 Å². The Morgan fingerprint density at radius 1 is 1.07 bits per heavy atom. The maximum atomic E-state index is 12.9. The Hall–Kier alpha value is -2.62. The van der Waals surface area contributed by atoms with Crippen molar-refractivity contribution >= 4 is 15.9 Å². The van der Waals surface area contributed by atoms with Gasteiger partial charge in [-0.2, -0.15) is 4.72 Å². The van der Waals surface area contributed by atoms with Gasteiger partial charge in [0.05, 0.1) is 19.1 Å². The van der Waals surface area contributed by atoms with Crippen LogP contribution in [0.4, 0.5) is 0 Å². The molecule has 8 nitrogen and oxygen atoms in total. The van der Waals surface area contributed by atoms with Gasteiger partial charge in [-0.15, -0.1) is 0 Å². The highest BCUT2D eigenvalue weighted by Gasteiger charge is 2.26. The first-order chi connectivity index (χ1) is 13.9. The molecule has 0 radical (unpaired) electrons.